The first-order valence-corrected chi connectivity index (χ1v) is 8.36. The molecule has 0 aromatic carbocycles. The number of likely N-dealkylation sites (tertiary alicyclic amines) is 2. The van der Waals surface area contributed by atoms with Crippen LogP contribution in [0.25, 0.3) is 0 Å². The van der Waals surface area contributed by atoms with E-state index in [0.717, 1.165) is 18.2 Å². The summed E-state index contributed by atoms with van der Waals surface area (Å²) in [6.45, 7) is 6.04. The molecular formula is C16H22N2OS. The van der Waals surface area contributed by atoms with Crippen molar-refractivity contribution in [1.29, 1.82) is 0 Å². The van der Waals surface area contributed by atoms with Gasteiger partial charge in [0.15, 0.2) is 0 Å². The number of aliphatic hydroxyl groups excluding tert-OH is 1. The van der Waals surface area contributed by atoms with E-state index in [-0.39, 0.29) is 6.61 Å². The summed E-state index contributed by atoms with van der Waals surface area (Å²) in [6.07, 6.45) is 4.09. The van der Waals surface area contributed by atoms with E-state index in [1.54, 1.807) is 11.3 Å². The number of rotatable bonds is 3. The van der Waals surface area contributed by atoms with E-state index in [4.69, 9.17) is 5.11 Å². The van der Waals surface area contributed by atoms with E-state index in [9.17, 15) is 0 Å². The molecule has 2 aliphatic rings. The van der Waals surface area contributed by atoms with Gasteiger partial charge in [0.05, 0.1) is 0 Å². The molecule has 0 spiro atoms. The van der Waals surface area contributed by atoms with Gasteiger partial charge in [-0.25, -0.2) is 0 Å². The normalized spacial score (nSPS) is 23.9. The second kappa shape index (κ2) is 6.73. The summed E-state index contributed by atoms with van der Waals surface area (Å²) in [7, 11) is 0. The van der Waals surface area contributed by atoms with E-state index < -0.39 is 0 Å². The number of hydrogen-bond acceptors (Lipinski definition) is 4. The summed E-state index contributed by atoms with van der Waals surface area (Å²) >= 11 is 1.78. The second-order valence-corrected chi connectivity index (χ2v) is 6.68. The molecule has 0 amide bonds. The molecule has 3 heterocycles. The third-order valence-electron chi connectivity index (χ3n) is 4.25. The highest BCUT2D eigenvalue weighted by Crippen LogP contribution is 2.23. The van der Waals surface area contributed by atoms with E-state index in [2.05, 4.69) is 33.1 Å². The van der Waals surface area contributed by atoms with Crippen molar-refractivity contribution in [3.8, 4) is 11.8 Å². The summed E-state index contributed by atoms with van der Waals surface area (Å²) in [5.41, 5.74) is 1.04. The average molecular weight is 290 g/mol. The van der Waals surface area contributed by atoms with Crippen molar-refractivity contribution < 1.29 is 5.11 Å². The summed E-state index contributed by atoms with van der Waals surface area (Å²) in [5.74, 6) is 5.68. The van der Waals surface area contributed by atoms with Crippen LogP contribution in [0.1, 0.15) is 29.7 Å². The zero-order valence-electron chi connectivity index (χ0n) is 11.8. The van der Waals surface area contributed by atoms with Gasteiger partial charge in [-0.15, -0.1) is 11.3 Å². The topological polar surface area (TPSA) is 26.7 Å². The Morgan fingerprint density at radius 2 is 2.15 bits per heavy atom. The lowest BCUT2D eigenvalue weighted by molar-refractivity contribution is 0.230. The van der Waals surface area contributed by atoms with Crippen molar-refractivity contribution in [2.75, 3.05) is 32.8 Å². The van der Waals surface area contributed by atoms with E-state index in [1.165, 1.54) is 50.3 Å². The van der Waals surface area contributed by atoms with Gasteiger partial charge in [0.25, 0.3) is 0 Å². The molecule has 1 unspecified atom stereocenters. The van der Waals surface area contributed by atoms with Crippen molar-refractivity contribution >= 4 is 11.3 Å². The smallest absolute Gasteiger partial charge is 0.104 e. The lowest BCUT2D eigenvalue weighted by Gasteiger charge is -2.23. The van der Waals surface area contributed by atoms with Gasteiger partial charge in [-0.1, -0.05) is 11.8 Å². The third kappa shape index (κ3) is 3.42. The van der Waals surface area contributed by atoms with Crippen LogP contribution >= 0.6 is 11.3 Å². The Bertz CT molecular complexity index is 496. The Labute approximate surface area is 125 Å². The van der Waals surface area contributed by atoms with Crippen molar-refractivity contribution in [1.82, 2.24) is 9.80 Å². The molecule has 0 radical (unpaired) electrons. The summed E-state index contributed by atoms with van der Waals surface area (Å²) in [4.78, 5) is 6.62. The van der Waals surface area contributed by atoms with E-state index in [1.807, 2.05) is 0 Å². The van der Waals surface area contributed by atoms with Gasteiger partial charge in [0.1, 0.15) is 6.61 Å². The Morgan fingerprint density at radius 3 is 2.95 bits per heavy atom. The van der Waals surface area contributed by atoms with Gasteiger partial charge in [0.2, 0.25) is 0 Å². The molecule has 0 saturated carbocycles. The van der Waals surface area contributed by atoms with E-state index in [0.29, 0.717) is 0 Å². The molecule has 3 nitrogen and oxygen atoms in total. The predicted molar refractivity (Wildman–Crippen MR) is 82.8 cm³/mol. The maximum absolute atomic E-state index is 8.71. The van der Waals surface area contributed by atoms with Gasteiger partial charge in [-0.05, 0) is 38.4 Å². The lowest BCUT2D eigenvalue weighted by Crippen LogP contribution is -2.35. The summed E-state index contributed by atoms with van der Waals surface area (Å²) in [6, 6.07) is 2.95. The number of hydrogen-bond donors (Lipinski definition) is 1. The molecule has 3 rings (SSSR count). The van der Waals surface area contributed by atoms with Gasteiger partial charge in [0, 0.05) is 41.5 Å². The number of nitrogens with zero attached hydrogens (tertiary/aromatic N) is 2. The fourth-order valence-corrected chi connectivity index (χ4v) is 4.11. The average Bonchev–Trinajstić information content (AvgIpc) is 3.18. The van der Waals surface area contributed by atoms with Crippen molar-refractivity contribution in [2.45, 2.75) is 31.8 Å². The monoisotopic (exact) mass is 290 g/mol. The van der Waals surface area contributed by atoms with Crippen molar-refractivity contribution in [2.24, 2.45) is 0 Å². The molecule has 1 atom stereocenters. The zero-order valence-corrected chi connectivity index (χ0v) is 12.7. The molecule has 1 N–H and O–H groups in total. The standard InChI is InChI=1S/C16H22N2OS/c19-9-3-4-14-10-16(20-13-14)12-17-8-5-15(11-17)18-6-1-2-7-18/h10,13,15,19H,1-2,5-9,11-12H2. The molecule has 4 heteroatoms. The first kappa shape index (κ1) is 14.1. The maximum atomic E-state index is 8.71. The van der Waals surface area contributed by atoms with E-state index >= 15 is 0 Å². The quantitative estimate of drug-likeness (QED) is 0.860. The van der Waals surface area contributed by atoms with Crippen LogP contribution in [-0.4, -0.2) is 53.7 Å². The fraction of sp³-hybridized carbons (Fsp3) is 0.625. The molecule has 1 aromatic heterocycles. The largest absolute Gasteiger partial charge is 0.384 e. The second-order valence-electron chi connectivity index (χ2n) is 5.68. The molecule has 1 aromatic rings. The number of aliphatic hydroxyl groups is 1. The predicted octanol–water partition coefficient (Wildman–Crippen LogP) is 1.76. The van der Waals surface area contributed by atoms with Crippen LogP contribution in [0, 0.1) is 11.8 Å². The Hall–Kier alpha value is -0.860. The molecule has 0 aliphatic carbocycles. The van der Waals surface area contributed by atoms with Crippen LogP contribution < -0.4 is 0 Å². The molecule has 2 fully saturated rings. The minimum absolute atomic E-state index is 0.0607. The van der Waals surface area contributed by atoms with Crippen molar-refractivity contribution in [3.05, 3.63) is 21.9 Å². The minimum atomic E-state index is -0.0607. The van der Waals surface area contributed by atoms with Gasteiger partial charge >= 0.3 is 0 Å². The zero-order chi connectivity index (χ0) is 13.8. The molecule has 2 aliphatic heterocycles. The van der Waals surface area contributed by atoms with Crippen LogP contribution in [0.2, 0.25) is 0 Å². The highest BCUT2D eigenvalue weighted by Gasteiger charge is 2.29. The Kier molecular flexibility index (Phi) is 4.74. The SMILES string of the molecule is OCC#Cc1csc(CN2CCC(N3CCCC3)C2)c1. The summed E-state index contributed by atoms with van der Waals surface area (Å²) in [5, 5.41) is 10.8. The lowest BCUT2D eigenvalue weighted by atomic mass is 10.2. The molecular weight excluding hydrogens is 268 g/mol. The Morgan fingerprint density at radius 1 is 1.30 bits per heavy atom. The van der Waals surface area contributed by atoms with Gasteiger partial charge < -0.3 is 5.11 Å². The van der Waals surface area contributed by atoms with Crippen LogP contribution in [0.15, 0.2) is 11.4 Å². The molecule has 0 bridgehead atoms. The number of thiophene rings is 1. The van der Waals surface area contributed by atoms with Gasteiger partial charge in [-0.2, -0.15) is 0 Å². The first-order valence-electron chi connectivity index (χ1n) is 7.49. The fourth-order valence-electron chi connectivity index (χ4n) is 3.25. The van der Waals surface area contributed by atoms with Crippen LogP contribution in [0.5, 0.6) is 0 Å². The maximum Gasteiger partial charge on any atom is 0.104 e. The van der Waals surface area contributed by atoms with Gasteiger partial charge in [-0.3, -0.25) is 9.80 Å². The third-order valence-corrected chi connectivity index (χ3v) is 5.17. The first-order chi connectivity index (χ1) is 9.85. The highest BCUT2D eigenvalue weighted by atomic mass is 32.1. The van der Waals surface area contributed by atoms with Crippen LogP contribution in [0.3, 0.4) is 0 Å². The molecule has 20 heavy (non-hydrogen) atoms. The Balaban J connectivity index is 1.52. The van der Waals surface area contributed by atoms with Crippen LogP contribution in [-0.2, 0) is 6.54 Å². The minimum Gasteiger partial charge on any atom is -0.384 e. The molecule has 108 valence electrons. The molecule has 2 saturated heterocycles. The van der Waals surface area contributed by atoms with Crippen molar-refractivity contribution in [3.63, 3.8) is 0 Å². The van der Waals surface area contributed by atoms with Crippen LogP contribution in [0.4, 0.5) is 0 Å². The highest BCUT2D eigenvalue weighted by molar-refractivity contribution is 7.10. The summed E-state index contributed by atoms with van der Waals surface area (Å²) < 4.78 is 0.